The SMILES string of the molecule is CCN=C(NC1CC1c1ccccc1)N1CCN(CC(=O)N2CCCC2)CC1.I. The molecule has 2 aliphatic heterocycles. The van der Waals surface area contributed by atoms with E-state index in [0.29, 0.717) is 24.4 Å². The molecule has 7 heteroatoms. The minimum Gasteiger partial charge on any atom is -0.353 e. The van der Waals surface area contributed by atoms with E-state index >= 15 is 0 Å². The number of likely N-dealkylation sites (tertiary alicyclic amines) is 1. The van der Waals surface area contributed by atoms with Crippen LogP contribution >= 0.6 is 24.0 Å². The van der Waals surface area contributed by atoms with Crippen molar-refractivity contribution in [1.82, 2.24) is 20.0 Å². The lowest BCUT2D eigenvalue weighted by Gasteiger charge is -2.36. The minimum atomic E-state index is 0. The van der Waals surface area contributed by atoms with Crippen molar-refractivity contribution in [3.05, 3.63) is 35.9 Å². The van der Waals surface area contributed by atoms with Gasteiger partial charge >= 0.3 is 0 Å². The topological polar surface area (TPSA) is 51.2 Å². The van der Waals surface area contributed by atoms with Gasteiger partial charge in [-0.15, -0.1) is 24.0 Å². The largest absolute Gasteiger partial charge is 0.353 e. The summed E-state index contributed by atoms with van der Waals surface area (Å²) < 4.78 is 0. The fourth-order valence-electron chi connectivity index (χ4n) is 4.35. The van der Waals surface area contributed by atoms with E-state index in [1.165, 1.54) is 12.0 Å². The quantitative estimate of drug-likeness (QED) is 0.375. The van der Waals surface area contributed by atoms with Crippen LogP contribution in [0, 0.1) is 0 Å². The fourth-order valence-corrected chi connectivity index (χ4v) is 4.35. The average molecular weight is 511 g/mol. The van der Waals surface area contributed by atoms with Crippen LogP contribution < -0.4 is 5.32 Å². The zero-order valence-corrected chi connectivity index (χ0v) is 19.8. The van der Waals surface area contributed by atoms with E-state index in [2.05, 4.69) is 52.4 Å². The van der Waals surface area contributed by atoms with Gasteiger partial charge in [0.15, 0.2) is 5.96 Å². The molecule has 1 aromatic rings. The lowest BCUT2D eigenvalue weighted by atomic mass is 10.1. The van der Waals surface area contributed by atoms with Crippen molar-refractivity contribution in [2.75, 3.05) is 52.4 Å². The number of aliphatic imine (C=N–C) groups is 1. The molecule has 1 saturated carbocycles. The Morgan fingerprint density at radius 2 is 1.72 bits per heavy atom. The molecular formula is C22H34IN5O. The maximum Gasteiger partial charge on any atom is 0.236 e. The highest BCUT2D eigenvalue weighted by Crippen LogP contribution is 2.40. The number of halogens is 1. The summed E-state index contributed by atoms with van der Waals surface area (Å²) in [6.45, 7) is 9.06. The van der Waals surface area contributed by atoms with E-state index in [1.54, 1.807) is 0 Å². The third-order valence-corrected chi connectivity index (χ3v) is 6.13. The number of amides is 1. The molecule has 3 fully saturated rings. The Hall–Kier alpha value is -1.35. The smallest absolute Gasteiger partial charge is 0.236 e. The van der Waals surface area contributed by atoms with Crippen LogP contribution in [0.25, 0.3) is 0 Å². The second kappa shape index (κ2) is 10.6. The first kappa shape index (κ1) is 22.3. The number of carbonyl (C=O) groups excluding carboxylic acids is 1. The van der Waals surface area contributed by atoms with Crippen molar-refractivity contribution < 1.29 is 4.79 Å². The molecule has 3 aliphatic rings. The number of hydrogen-bond donors (Lipinski definition) is 1. The summed E-state index contributed by atoms with van der Waals surface area (Å²) in [5.41, 5.74) is 1.42. The Bertz CT molecular complexity index is 684. The van der Waals surface area contributed by atoms with Crippen LogP contribution in [0.4, 0.5) is 0 Å². The molecule has 0 radical (unpaired) electrons. The molecule has 160 valence electrons. The maximum absolute atomic E-state index is 12.4. The Labute approximate surface area is 191 Å². The van der Waals surface area contributed by atoms with Gasteiger partial charge in [0.1, 0.15) is 0 Å². The van der Waals surface area contributed by atoms with Gasteiger partial charge in [-0.1, -0.05) is 30.3 Å². The Morgan fingerprint density at radius 1 is 1.03 bits per heavy atom. The van der Waals surface area contributed by atoms with Crippen molar-refractivity contribution in [2.24, 2.45) is 4.99 Å². The molecule has 2 heterocycles. The number of benzene rings is 1. The van der Waals surface area contributed by atoms with Gasteiger partial charge in [0.2, 0.25) is 5.91 Å². The molecule has 0 aromatic heterocycles. The van der Waals surface area contributed by atoms with Crippen LogP contribution in [0.5, 0.6) is 0 Å². The average Bonchev–Trinajstić information content (AvgIpc) is 3.27. The summed E-state index contributed by atoms with van der Waals surface area (Å²) >= 11 is 0. The van der Waals surface area contributed by atoms with Gasteiger partial charge in [-0.3, -0.25) is 14.7 Å². The molecule has 2 atom stereocenters. The van der Waals surface area contributed by atoms with E-state index in [9.17, 15) is 4.79 Å². The van der Waals surface area contributed by atoms with Gasteiger partial charge in [0.25, 0.3) is 0 Å². The van der Waals surface area contributed by atoms with Crippen molar-refractivity contribution in [3.63, 3.8) is 0 Å². The highest BCUT2D eigenvalue weighted by molar-refractivity contribution is 14.0. The van der Waals surface area contributed by atoms with Crippen molar-refractivity contribution in [2.45, 2.75) is 38.1 Å². The summed E-state index contributed by atoms with van der Waals surface area (Å²) in [6.07, 6.45) is 3.50. The van der Waals surface area contributed by atoms with Gasteiger partial charge in [0, 0.05) is 57.8 Å². The monoisotopic (exact) mass is 511 g/mol. The van der Waals surface area contributed by atoms with Crippen LogP contribution in [0.1, 0.15) is 37.7 Å². The molecule has 29 heavy (non-hydrogen) atoms. The second-order valence-electron chi connectivity index (χ2n) is 8.15. The van der Waals surface area contributed by atoms with E-state index in [0.717, 1.165) is 64.6 Å². The number of piperazine rings is 1. The Kier molecular flexibility index (Phi) is 8.17. The molecule has 4 rings (SSSR count). The van der Waals surface area contributed by atoms with Crippen molar-refractivity contribution in [3.8, 4) is 0 Å². The lowest BCUT2D eigenvalue weighted by Crippen LogP contribution is -2.54. The van der Waals surface area contributed by atoms with Crippen LogP contribution in [-0.4, -0.2) is 85.0 Å². The summed E-state index contributed by atoms with van der Waals surface area (Å²) in [7, 11) is 0. The predicted molar refractivity (Wildman–Crippen MR) is 128 cm³/mol. The molecule has 1 aromatic carbocycles. The molecule has 2 unspecified atom stereocenters. The summed E-state index contributed by atoms with van der Waals surface area (Å²) in [5.74, 6) is 1.94. The number of hydrogen-bond acceptors (Lipinski definition) is 3. The number of carbonyl (C=O) groups is 1. The molecule has 1 aliphatic carbocycles. The van der Waals surface area contributed by atoms with Crippen LogP contribution in [0.15, 0.2) is 35.3 Å². The maximum atomic E-state index is 12.4. The molecule has 2 saturated heterocycles. The predicted octanol–water partition coefficient (Wildman–Crippen LogP) is 2.37. The van der Waals surface area contributed by atoms with Crippen LogP contribution in [0.2, 0.25) is 0 Å². The van der Waals surface area contributed by atoms with E-state index in [-0.39, 0.29) is 24.0 Å². The number of guanidine groups is 1. The van der Waals surface area contributed by atoms with E-state index in [1.807, 2.05) is 4.90 Å². The second-order valence-corrected chi connectivity index (χ2v) is 8.15. The van der Waals surface area contributed by atoms with Crippen LogP contribution in [0.3, 0.4) is 0 Å². The summed E-state index contributed by atoms with van der Waals surface area (Å²) in [6, 6.07) is 11.2. The molecule has 1 N–H and O–H groups in total. The van der Waals surface area contributed by atoms with Crippen molar-refractivity contribution >= 4 is 35.8 Å². The third kappa shape index (κ3) is 5.84. The first-order valence-corrected chi connectivity index (χ1v) is 10.9. The first-order valence-electron chi connectivity index (χ1n) is 10.9. The van der Waals surface area contributed by atoms with Gasteiger partial charge in [-0.25, -0.2) is 0 Å². The lowest BCUT2D eigenvalue weighted by molar-refractivity contribution is -0.131. The van der Waals surface area contributed by atoms with Gasteiger partial charge in [-0.2, -0.15) is 0 Å². The standard InChI is InChI=1S/C22H33N5O.HI/c1-2-23-22(24-20-16-19(20)18-8-4-3-5-9-18)27-14-12-25(13-15-27)17-21(28)26-10-6-7-11-26;/h3-5,8-9,19-20H,2,6-7,10-17H2,1H3,(H,23,24);1H. The summed E-state index contributed by atoms with van der Waals surface area (Å²) in [5, 5.41) is 3.69. The Morgan fingerprint density at radius 3 is 2.38 bits per heavy atom. The third-order valence-electron chi connectivity index (χ3n) is 6.13. The number of rotatable bonds is 5. The molecular weight excluding hydrogens is 477 g/mol. The van der Waals surface area contributed by atoms with Crippen molar-refractivity contribution in [1.29, 1.82) is 0 Å². The normalized spacial score (nSPS) is 24.9. The molecule has 6 nitrogen and oxygen atoms in total. The Balaban J connectivity index is 0.00000240. The van der Waals surface area contributed by atoms with Gasteiger partial charge in [-0.05, 0) is 31.7 Å². The number of nitrogens with zero attached hydrogens (tertiary/aromatic N) is 4. The fraction of sp³-hybridized carbons (Fsp3) is 0.636. The van der Waals surface area contributed by atoms with E-state index in [4.69, 9.17) is 4.99 Å². The first-order chi connectivity index (χ1) is 13.7. The zero-order valence-electron chi connectivity index (χ0n) is 17.4. The number of nitrogens with one attached hydrogen (secondary N) is 1. The zero-order chi connectivity index (χ0) is 19.3. The molecule has 1 amide bonds. The minimum absolute atomic E-state index is 0. The highest BCUT2D eigenvalue weighted by Gasteiger charge is 2.39. The highest BCUT2D eigenvalue weighted by atomic mass is 127. The van der Waals surface area contributed by atoms with Crippen LogP contribution in [-0.2, 0) is 4.79 Å². The van der Waals surface area contributed by atoms with E-state index < -0.39 is 0 Å². The van der Waals surface area contributed by atoms with Gasteiger partial charge in [0.05, 0.1) is 6.54 Å². The molecule has 0 spiro atoms. The summed E-state index contributed by atoms with van der Waals surface area (Å²) in [4.78, 5) is 23.8. The molecule has 0 bridgehead atoms. The van der Waals surface area contributed by atoms with Gasteiger partial charge < -0.3 is 15.1 Å².